The van der Waals surface area contributed by atoms with Crippen molar-refractivity contribution in [2.45, 2.75) is 6.42 Å². The summed E-state index contributed by atoms with van der Waals surface area (Å²) >= 11 is 2.21. The van der Waals surface area contributed by atoms with Crippen molar-refractivity contribution in [3.8, 4) is 0 Å². The molecule has 1 aromatic heterocycles. The molecule has 12 heavy (non-hydrogen) atoms. The highest BCUT2D eigenvalue weighted by atomic mass is 127. The third kappa shape index (κ3) is 1.25. The Kier molecular flexibility index (Phi) is 2.32. The summed E-state index contributed by atoms with van der Waals surface area (Å²) in [5.41, 5.74) is 1.63. The van der Waals surface area contributed by atoms with Crippen molar-refractivity contribution >= 4 is 39.9 Å². The molecule has 1 aromatic rings. The second-order valence-corrected chi connectivity index (χ2v) is 4.54. The van der Waals surface area contributed by atoms with E-state index in [1.807, 2.05) is 0 Å². The topological polar surface area (TPSA) is 46.9 Å². The predicted molar refractivity (Wildman–Crippen MR) is 57.4 cm³/mol. The Morgan fingerprint density at radius 3 is 3.33 bits per heavy atom. The second kappa shape index (κ2) is 3.30. The van der Waals surface area contributed by atoms with E-state index in [0.717, 1.165) is 17.9 Å². The maximum Gasteiger partial charge on any atom is 0.185 e. The molecule has 1 unspecified atom stereocenters. The first-order valence-electron chi connectivity index (χ1n) is 3.54. The van der Waals surface area contributed by atoms with Crippen molar-refractivity contribution in [1.82, 2.24) is 9.55 Å². The fraction of sp³-hybridized carbons (Fsp3) is 0.333. The van der Waals surface area contributed by atoms with E-state index < -0.39 is 0 Å². The number of hydrogen-bond donors (Lipinski definition) is 1. The van der Waals surface area contributed by atoms with E-state index in [-0.39, 0.29) is 5.78 Å². The minimum atomic E-state index is 0.199. The molecule has 0 saturated heterocycles. The van der Waals surface area contributed by atoms with E-state index in [4.69, 9.17) is 0 Å². The molecule has 0 saturated carbocycles. The Balaban J connectivity index is 2.50. The third-order valence-corrected chi connectivity index (χ3v) is 3.65. The fourth-order valence-corrected chi connectivity index (χ4v) is 2.77. The van der Waals surface area contributed by atoms with Crippen LogP contribution in [0.25, 0.3) is 0 Å². The van der Waals surface area contributed by atoms with E-state index in [9.17, 15) is 4.79 Å². The Morgan fingerprint density at radius 2 is 2.58 bits per heavy atom. The lowest BCUT2D eigenvalue weighted by molar-refractivity contribution is 0.0978. The number of fused-ring (bicyclic) bond motifs is 1. The van der Waals surface area contributed by atoms with E-state index in [1.165, 1.54) is 0 Å². The van der Waals surface area contributed by atoms with Crippen molar-refractivity contribution in [3.05, 3.63) is 11.9 Å². The Labute approximate surface area is 84.4 Å². The molecular weight excluding hydrogens is 288 g/mol. The first-order chi connectivity index (χ1) is 5.83. The monoisotopic (exact) mass is 295 g/mol. The molecule has 0 bridgehead atoms. The van der Waals surface area contributed by atoms with Gasteiger partial charge in [0.2, 0.25) is 0 Å². The van der Waals surface area contributed by atoms with Crippen molar-refractivity contribution in [2.75, 3.05) is 11.9 Å². The van der Waals surface area contributed by atoms with Gasteiger partial charge in [-0.05, 0) is 22.0 Å². The highest BCUT2D eigenvalue weighted by Crippen LogP contribution is 2.31. The van der Waals surface area contributed by atoms with Gasteiger partial charge >= 0.3 is 0 Å². The number of carbonyl (C=O) groups is 1. The van der Waals surface area contributed by atoms with Gasteiger partial charge in [-0.3, -0.25) is 4.79 Å². The first kappa shape index (κ1) is 8.44. The summed E-state index contributed by atoms with van der Waals surface area (Å²) in [7, 11) is 0. The van der Waals surface area contributed by atoms with E-state index >= 15 is 0 Å². The van der Waals surface area contributed by atoms with E-state index in [0.29, 0.717) is 12.8 Å². The summed E-state index contributed by atoms with van der Waals surface area (Å²) in [6.45, 7) is 0.738. The molecule has 0 spiro atoms. The number of rotatable bonds is 1. The zero-order valence-corrected chi connectivity index (χ0v) is 9.33. The van der Waals surface area contributed by atoms with Gasteiger partial charge in [0.05, 0.1) is 18.3 Å². The molecule has 2 heterocycles. The smallest absolute Gasteiger partial charge is 0.185 e. The SMILES string of the molecule is O=C1CCNc2cnn(PI)c21. The molecule has 0 aliphatic carbocycles. The summed E-state index contributed by atoms with van der Waals surface area (Å²) in [4.78, 5) is 11.4. The van der Waals surface area contributed by atoms with Crippen LogP contribution in [0.2, 0.25) is 0 Å². The molecule has 6 heteroatoms. The number of ketones is 1. The van der Waals surface area contributed by atoms with Crippen LogP contribution in [0.5, 0.6) is 0 Å². The Morgan fingerprint density at radius 1 is 1.75 bits per heavy atom. The van der Waals surface area contributed by atoms with Crippen LogP contribution in [0.3, 0.4) is 0 Å². The molecule has 0 amide bonds. The lowest BCUT2D eigenvalue weighted by Gasteiger charge is -2.12. The molecule has 0 fully saturated rings. The summed E-state index contributed by atoms with van der Waals surface area (Å²) in [5.74, 6) is 0.199. The van der Waals surface area contributed by atoms with Gasteiger partial charge in [0.1, 0.15) is 5.69 Å². The quantitative estimate of drug-likeness (QED) is 0.633. The van der Waals surface area contributed by atoms with Gasteiger partial charge in [0, 0.05) is 13.0 Å². The molecule has 1 aliphatic heterocycles. The molecule has 2 rings (SSSR count). The van der Waals surface area contributed by atoms with Crippen LogP contribution in [0.1, 0.15) is 16.9 Å². The molecule has 1 N–H and O–H groups in total. The number of halogens is 1. The van der Waals surface area contributed by atoms with Crippen LogP contribution in [-0.2, 0) is 0 Å². The zero-order chi connectivity index (χ0) is 8.55. The van der Waals surface area contributed by atoms with Gasteiger partial charge in [0.15, 0.2) is 5.78 Å². The van der Waals surface area contributed by atoms with E-state index in [2.05, 4.69) is 32.5 Å². The maximum absolute atomic E-state index is 11.4. The highest BCUT2D eigenvalue weighted by Gasteiger charge is 2.21. The largest absolute Gasteiger partial charge is 0.381 e. The van der Waals surface area contributed by atoms with Crippen LogP contribution in [-0.4, -0.2) is 21.9 Å². The average molecular weight is 295 g/mol. The molecular formula is C6H7IN3OP. The van der Waals surface area contributed by atoms with E-state index in [1.54, 1.807) is 10.6 Å². The Bertz CT molecular complexity index is 311. The normalized spacial score (nSPS) is 16.6. The number of Topliss-reactive ketones (excluding diaryl/α,β-unsaturated/α-hetero) is 1. The number of anilines is 1. The first-order valence-corrected chi connectivity index (χ1v) is 7.61. The fourth-order valence-electron chi connectivity index (χ4n) is 1.24. The lowest BCUT2D eigenvalue weighted by atomic mass is 10.1. The van der Waals surface area contributed by atoms with Crippen molar-refractivity contribution in [2.24, 2.45) is 0 Å². The third-order valence-electron chi connectivity index (χ3n) is 1.78. The van der Waals surface area contributed by atoms with Gasteiger partial charge in [-0.2, -0.15) is 5.10 Å². The average Bonchev–Trinajstić information content (AvgIpc) is 2.49. The number of nitrogens with zero attached hydrogens (tertiary/aromatic N) is 2. The minimum Gasteiger partial charge on any atom is -0.381 e. The summed E-state index contributed by atoms with van der Waals surface area (Å²) in [6.07, 6.45) is 2.80. The van der Waals surface area contributed by atoms with Gasteiger partial charge < -0.3 is 5.32 Å². The molecule has 1 atom stereocenters. The highest BCUT2D eigenvalue weighted by molar-refractivity contribution is 14.2. The maximum atomic E-state index is 11.4. The van der Waals surface area contributed by atoms with Crippen LogP contribution in [0, 0.1) is 0 Å². The minimum absolute atomic E-state index is 0.199. The van der Waals surface area contributed by atoms with Crippen LogP contribution >= 0.6 is 28.4 Å². The van der Waals surface area contributed by atoms with Gasteiger partial charge in [-0.1, -0.05) is 0 Å². The Hall–Kier alpha value is -0.160. The number of aromatic nitrogens is 2. The molecule has 0 aromatic carbocycles. The van der Waals surface area contributed by atoms with Crippen molar-refractivity contribution < 1.29 is 4.79 Å². The lowest BCUT2D eigenvalue weighted by Crippen LogP contribution is -2.18. The summed E-state index contributed by atoms with van der Waals surface area (Å²) < 4.78 is 1.75. The second-order valence-electron chi connectivity index (χ2n) is 2.50. The van der Waals surface area contributed by atoms with Gasteiger partial charge in [-0.25, -0.2) is 4.45 Å². The summed E-state index contributed by atoms with van der Waals surface area (Å²) in [6, 6.07) is 0. The predicted octanol–water partition coefficient (Wildman–Crippen LogP) is 1.67. The number of hydrogen-bond acceptors (Lipinski definition) is 3. The molecule has 1 aliphatic rings. The number of carbonyl (C=O) groups excluding carboxylic acids is 1. The van der Waals surface area contributed by atoms with Crippen LogP contribution in [0.4, 0.5) is 5.69 Å². The van der Waals surface area contributed by atoms with Crippen LogP contribution in [0.15, 0.2) is 6.20 Å². The number of nitrogens with one attached hydrogen (secondary N) is 1. The standard InChI is InChI=1S/C6H7IN3OP/c7-12-10-6-4(3-9-10)8-2-1-5(6)11/h3,8,12H,1-2H2. The van der Waals surface area contributed by atoms with Gasteiger partial charge in [-0.15, -0.1) is 0 Å². The van der Waals surface area contributed by atoms with Crippen molar-refractivity contribution in [3.63, 3.8) is 0 Å². The zero-order valence-electron chi connectivity index (χ0n) is 6.17. The summed E-state index contributed by atoms with van der Waals surface area (Å²) in [5, 5.41) is 7.25. The molecule has 0 radical (unpaired) electrons. The van der Waals surface area contributed by atoms with Gasteiger partial charge in [0.25, 0.3) is 0 Å². The molecule has 4 nitrogen and oxygen atoms in total. The van der Waals surface area contributed by atoms with Crippen LogP contribution < -0.4 is 5.32 Å². The van der Waals surface area contributed by atoms with Crippen molar-refractivity contribution in [1.29, 1.82) is 0 Å². The molecule has 64 valence electrons.